The van der Waals surface area contributed by atoms with Gasteiger partial charge in [-0.25, -0.2) is 4.57 Å². The molecule has 0 spiro atoms. The van der Waals surface area contributed by atoms with Crippen LogP contribution in [0.2, 0.25) is 0 Å². The van der Waals surface area contributed by atoms with Crippen LogP contribution < -0.4 is 5.73 Å². The molecular weight excluding hydrogens is 765 g/mol. The Morgan fingerprint density at radius 3 is 2.10 bits per heavy atom. The summed E-state index contributed by atoms with van der Waals surface area (Å²) in [5, 5.41) is 19.1. The molecule has 0 heterocycles. The molecule has 1 aliphatic carbocycles. The van der Waals surface area contributed by atoms with Gasteiger partial charge in [0.25, 0.3) is 0 Å². The number of carbonyl (C=O) groups excluding carboxylic acids is 3. The highest BCUT2D eigenvalue weighted by molar-refractivity contribution is 7.47. The minimum atomic E-state index is -4.78. The van der Waals surface area contributed by atoms with Crippen LogP contribution in [0.3, 0.4) is 0 Å². The molecule has 0 amide bonds. The Labute approximate surface area is 345 Å². The summed E-state index contributed by atoms with van der Waals surface area (Å²) in [4.78, 5) is 58.4. The molecule has 0 aromatic carbocycles. The third-order valence-corrected chi connectivity index (χ3v) is 9.83. The second kappa shape index (κ2) is 33.2. The lowest BCUT2D eigenvalue weighted by Crippen LogP contribution is -2.34. The van der Waals surface area contributed by atoms with Crippen molar-refractivity contribution in [3.63, 3.8) is 0 Å². The van der Waals surface area contributed by atoms with E-state index in [0.717, 1.165) is 57.8 Å². The molecule has 0 bridgehead atoms. The van der Waals surface area contributed by atoms with E-state index in [1.807, 2.05) is 18.2 Å². The van der Waals surface area contributed by atoms with Gasteiger partial charge in [-0.05, 0) is 82.6 Å². The average molecular weight is 834 g/mol. The molecule has 326 valence electrons. The van der Waals surface area contributed by atoms with Crippen LogP contribution in [0.1, 0.15) is 117 Å². The molecule has 1 aliphatic rings. The molecule has 1 rings (SSSR count). The number of aliphatic hydroxyl groups is 1. The quantitative estimate of drug-likeness (QED) is 0.0208. The van der Waals surface area contributed by atoms with Crippen molar-refractivity contribution >= 4 is 31.5 Å². The summed E-state index contributed by atoms with van der Waals surface area (Å²) in [5.41, 5.74) is 5.32. The van der Waals surface area contributed by atoms with E-state index in [-0.39, 0.29) is 30.5 Å². The first-order valence-corrected chi connectivity index (χ1v) is 22.2. The van der Waals surface area contributed by atoms with Crippen molar-refractivity contribution in [2.75, 3.05) is 19.8 Å². The van der Waals surface area contributed by atoms with E-state index in [2.05, 4.69) is 67.0 Å². The van der Waals surface area contributed by atoms with Crippen LogP contribution in [0.5, 0.6) is 0 Å². The standard InChI is InChI=1S/C44H68NO12P/c1-3-5-7-8-9-10-11-12-13-14-15-16-17-18-24-28-43(49)57-38(34-55-58(52,53)56-35-40(45)44(50)51)33-54-42(48)27-23-20-19-22-25-36-29-32-41(47)39(36)31-30-37(46)26-21-6-4-2/h5,7,9-10,12-13,15-16,19,22,29-32,36-40,46H,3-4,6,8,11,14,17-18,20-21,23-28,33-35,45H2,1-2H3,(H,50,51)(H,52,53)/b7-5-,10-9-,13-12-,16-15-,22-19-,31-30+/t36-,37-,38+,39+,40-/m0/s1. The number of aliphatic hydroxyl groups excluding tert-OH is 1. The van der Waals surface area contributed by atoms with Gasteiger partial charge in [0.1, 0.15) is 12.6 Å². The van der Waals surface area contributed by atoms with Gasteiger partial charge >= 0.3 is 25.7 Å². The maximum Gasteiger partial charge on any atom is 0.472 e. The molecule has 0 fully saturated rings. The van der Waals surface area contributed by atoms with Crippen LogP contribution in [0.15, 0.2) is 85.1 Å². The molecule has 0 aliphatic heterocycles. The van der Waals surface area contributed by atoms with E-state index < -0.39 is 63.8 Å². The highest BCUT2D eigenvalue weighted by Crippen LogP contribution is 2.43. The number of ether oxygens (including phenoxy) is 2. The van der Waals surface area contributed by atoms with Gasteiger partial charge in [0.15, 0.2) is 11.9 Å². The number of nitrogens with two attached hydrogens (primary N) is 1. The zero-order chi connectivity index (χ0) is 42.9. The number of carboxylic acids is 1. The molecule has 5 N–H and O–H groups in total. The van der Waals surface area contributed by atoms with Crippen LogP contribution in [0, 0.1) is 11.8 Å². The number of ketones is 1. The van der Waals surface area contributed by atoms with Crippen LogP contribution in [-0.4, -0.2) is 76.9 Å². The minimum absolute atomic E-state index is 0.00585. The SMILES string of the molecule is CC/C=C\C/C=C\C/C=C\C/C=C\CCCCC(=O)O[C@H](COC(=O)CCC/C=C\C[C@H]1C=CC(=O)[C@@H]1/C=C/[C@@H](O)CCCCC)COP(=O)(O)OC[C@H](N)C(=O)O. The predicted molar refractivity (Wildman–Crippen MR) is 225 cm³/mol. The Kier molecular flexibility index (Phi) is 29.9. The summed E-state index contributed by atoms with van der Waals surface area (Å²) in [6.07, 6.45) is 37.2. The van der Waals surface area contributed by atoms with Gasteiger partial charge in [-0.1, -0.05) is 112 Å². The first-order chi connectivity index (χ1) is 27.9. The fraction of sp³-hybridized carbons (Fsp3) is 0.591. The number of carboxylic acid groups (broad SMARTS) is 1. The largest absolute Gasteiger partial charge is 0.480 e. The molecule has 0 saturated heterocycles. The molecule has 0 aromatic rings. The Morgan fingerprint density at radius 1 is 0.810 bits per heavy atom. The van der Waals surface area contributed by atoms with Gasteiger partial charge in [-0.15, -0.1) is 0 Å². The lowest BCUT2D eigenvalue weighted by molar-refractivity contribution is -0.161. The van der Waals surface area contributed by atoms with Gasteiger partial charge in [-0.2, -0.15) is 0 Å². The number of hydrogen-bond donors (Lipinski definition) is 4. The molecule has 14 heteroatoms. The van der Waals surface area contributed by atoms with Gasteiger partial charge in [0.05, 0.1) is 19.3 Å². The number of esters is 2. The summed E-state index contributed by atoms with van der Waals surface area (Å²) < 4.78 is 32.6. The highest BCUT2D eigenvalue weighted by atomic mass is 31.2. The fourth-order valence-corrected chi connectivity index (χ4v) is 6.29. The molecule has 1 unspecified atom stereocenters. The molecule has 13 nitrogen and oxygen atoms in total. The van der Waals surface area contributed by atoms with Crippen LogP contribution in [-0.2, 0) is 42.3 Å². The summed E-state index contributed by atoms with van der Waals surface area (Å²) in [7, 11) is -4.78. The minimum Gasteiger partial charge on any atom is -0.480 e. The van der Waals surface area contributed by atoms with Gasteiger partial charge in [-0.3, -0.25) is 28.2 Å². The van der Waals surface area contributed by atoms with Crippen molar-refractivity contribution in [2.24, 2.45) is 17.6 Å². The molecular formula is C44H68NO12P. The number of carbonyl (C=O) groups is 4. The number of unbranched alkanes of at least 4 members (excludes halogenated alkanes) is 5. The van der Waals surface area contributed by atoms with Crippen molar-refractivity contribution < 1.29 is 57.4 Å². The van der Waals surface area contributed by atoms with Crippen molar-refractivity contribution in [1.29, 1.82) is 0 Å². The van der Waals surface area contributed by atoms with E-state index in [4.69, 9.17) is 24.8 Å². The maximum absolute atomic E-state index is 12.6. The summed E-state index contributed by atoms with van der Waals surface area (Å²) in [5.74, 6) is -2.92. The van der Waals surface area contributed by atoms with E-state index in [0.29, 0.717) is 32.1 Å². The van der Waals surface area contributed by atoms with Gasteiger partial charge < -0.3 is 30.3 Å². The number of aliphatic carboxylic acids is 1. The molecule has 0 aromatic heterocycles. The predicted octanol–water partition coefficient (Wildman–Crippen LogP) is 8.34. The maximum atomic E-state index is 12.6. The number of allylic oxidation sites excluding steroid dienone is 13. The summed E-state index contributed by atoms with van der Waals surface area (Å²) >= 11 is 0. The second-order valence-electron chi connectivity index (χ2n) is 14.0. The van der Waals surface area contributed by atoms with Crippen molar-refractivity contribution in [2.45, 2.75) is 135 Å². The lowest BCUT2D eigenvalue weighted by atomic mass is 9.90. The number of rotatable bonds is 34. The normalized spacial score (nSPS) is 18.7. The van der Waals surface area contributed by atoms with Crippen LogP contribution >= 0.6 is 7.82 Å². The third kappa shape index (κ3) is 27.8. The summed E-state index contributed by atoms with van der Waals surface area (Å²) in [6.45, 7) is 2.31. The topological polar surface area (TPSA) is 209 Å². The number of phosphoric acid groups is 1. The first kappa shape index (κ1) is 52.3. The zero-order valence-corrected chi connectivity index (χ0v) is 35.3. The average Bonchev–Trinajstić information content (AvgIpc) is 3.55. The Balaban J connectivity index is 2.53. The smallest absolute Gasteiger partial charge is 0.472 e. The first-order valence-electron chi connectivity index (χ1n) is 20.7. The zero-order valence-electron chi connectivity index (χ0n) is 34.4. The van der Waals surface area contributed by atoms with E-state index in [1.165, 1.54) is 0 Å². The molecule has 6 atom stereocenters. The number of hydrogen-bond acceptors (Lipinski definition) is 11. The number of phosphoric ester groups is 1. The van der Waals surface area contributed by atoms with Crippen molar-refractivity contribution in [1.82, 2.24) is 0 Å². The van der Waals surface area contributed by atoms with Crippen LogP contribution in [0.4, 0.5) is 0 Å². The van der Waals surface area contributed by atoms with Crippen LogP contribution in [0.25, 0.3) is 0 Å². The Morgan fingerprint density at radius 2 is 1.43 bits per heavy atom. The monoisotopic (exact) mass is 833 g/mol. The van der Waals surface area contributed by atoms with E-state index in [1.54, 1.807) is 18.2 Å². The molecule has 0 saturated carbocycles. The van der Waals surface area contributed by atoms with E-state index >= 15 is 0 Å². The summed E-state index contributed by atoms with van der Waals surface area (Å²) in [6, 6.07) is -1.56. The lowest BCUT2D eigenvalue weighted by Gasteiger charge is -2.20. The Bertz CT molecular complexity index is 1450. The van der Waals surface area contributed by atoms with Gasteiger partial charge in [0.2, 0.25) is 0 Å². The molecule has 58 heavy (non-hydrogen) atoms. The fourth-order valence-electron chi connectivity index (χ4n) is 5.51. The Hall–Kier alpha value is -3.71. The van der Waals surface area contributed by atoms with E-state index in [9.17, 15) is 33.7 Å². The third-order valence-electron chi connectivity index (χ3n) is 8.88. The van der Waals surface area contributed by atoms with Gasteiger partial charge in [0, 0.05) is 18.8 Å². The van der Waals surface area contributed by atoms with Crippen molar-refractivity contribution in [3.8, 4) is 0 Å². The van der Waals surface area contributed by atoms with Crippen molar-refractivity contribution in [3.05, 3.63) is 85.1 Å². The highest BCUT2D eigenvalue weighted by Gasteiger charge is 2.29. The molecule has 0 radical (unpaired) electrons. The second-order valence-corrected chi connectivity index (χ2v) is 15.5.